The monoisotopic (exact) mass is 451 g/mol. The number of rotatable bonds is 5. The summed E-state index contributed by atoms with van der Waals surface area (Å²) in [6.45, 7) is 5.65. The maximum Gasteiger partial charge on any atom is 0.261 e. The third-order valence-electron chi connectivity index (χ3n) is 4.72. The van der Waals surface area contributed by atoms with Crippen molar-refractivity contribution in [3.63, 3.8) is 0 Å². The predicted octanol–water partition coefficient (Wildman–Crippen LogP) is 5.21. The van der Waals surface area contributed by atoms with E-state index in [9.17, 15) is 13.5 Å². The van der Waals surface area contributed by atoms with Gasteiger partial charge < -0.3 is 5.11 Å². The van der Waals surface area contributed by atoms with Gasteiger partial charge in [-0.2, -0.15) is 0 Å². The molecular formula is C23H21N3O3S2. The maximum absolute atomic E-state index is 13.0. The molecule has 2 N–H and O–H groups in total. The average Bonchev–Trinajstić information content (AvgIpc) is 2.71. The number of hydrogen-bond acceptors (Lipinski definition) is 6. The molecule has 0 aliphatic heterocycles. The van der Waals surface area contributed by atoms with Gasteiger partial charge in [0.2, 0.25) is 0 Å². The summed E-state index contributed by atoms with van der Waals surface area (Å²) in [4.78, 5) is 9.46. The zero-order chi connectivity index (χ0) is 22.2. The number of nitrogens with zero attached hydrogens (tertiary/aromatic N) is 2. The molecule has 31 heavy (non-hydrogen) atoms. The summed E-state index contributed by atoms with van der Waals surface area (Å²) < 4.78 is 28.7. The number of aromatic hydroxyl groups is 1. The fourth-order valence-corrected chi connectivity index (χ4v) is 5.29. The van der Waals surface area contributed by atoms with E-state index in [-0.39, 0.29) is 10.6 Å². The summed E-state index contributed by atoms with van der Waals surface area (Å²) in [5.41, 5.74) is 2.98. The molecule has 158 valence electrons. The molecule has 0 saturated heterocycles. The van der Waals surface area contributed by atoms with Crippen LogP contribution in [0.15, 0.2) is 75.6 Å². The molecule has 8 heteroatoms. The molecule has 0 amide bonds. The van der Waals surface area contributed by atoms with Crippen molar-refractivity contribution in [2.45, 2.75) is 35.7 Å². The molecule has 3 aromatic carbocycles. The van der Waals surface area contributed by atoms with Gasteiger partial charge in [0.05, 0.1) is 15.5 Å². The fourth-order valence-electron chi connectivity index (χ4n) is 3.26. The lowest BCUT2D eigenvalue weighted by atomic mass is 10.1. The van der Waals surface area contributed by atoms with Gasteiger partial charge in [0.15, 0.2) is 5.16 Å². The highest BCUT2D eigenvalue weighted by Gasteiger charge is 2.19. The van der Waals surface area contributed by atoms with E-state index in [1.165, 1.54) is 11.8 Å². The van der Waals surface area contributed by atoms with Gasteiger partial charge in [-0.1, -0.05) is 42.0 Å². The summed E-state index contributed by atoms with van der Waals surface area (Å²) in [5, 5.41) is 12.5. The smallest absolute Gasteiger partial charge is 0.261 e. The van der Waals surface area contributed by atoms with Crippen LogP contribution in [0.3, 0.4) is 0 Å². The molecule has 0 atom stereocenters. The summed E-state index contributed by atoms with van der Waals surface area (Å²) >= 11 is 1.19. The molecule has 0 radical (unpaired) electrons. The SMILES string of the molecule is Cc1ccc(S(=O)(=O)Nc2cc(Sc3nc(C)cc(C)n3)c(O)c3ccccc23)cc1. The number of sulfonamides is 1. The van der Waals surface area contributed by atoms with Crippen molar-refractivity contribution in [1.29, 1.82) is 0 Å². The Labute approximate surface area is 185 Å². The molecule has 1 aromatic heterocycles. The Morgan fingerprint density at radius 1 is 0.871 bits per heavy atom. The molecule has 1 heterocycles. The standard InChI is InChI=1S/C23H21N3O3S2/c1-14-8-10-17(11-9-14)31(28,29)26-20-13-21(22(27)19-7-5-4-6-18(19)20)30-23-24-15(2)12-16(3)25-23/h4-13,26-27H,1-3H3. The van der Waals surface area contributed by atoms with Gasteiger partial charge in [-0.3, -0.25) is 4.72 Å². The average molecular weight is 452 g/mol. The van der Waals surface area contributed by atoms with Crippen LogP contribution in [0.5, 0.6) is 5.75 Å². The Morgan fingerprint density at radius 2 is 1.48 bits per heavy atom. The largest absolute Gasteiger partial charge is 0.506 e. The minimum absolute atomic E-state index is 0.0571. The number of hydrogen-bond donors (Lipinski definition) is 2. The maximum atomic E-state index is 13.0. The van der Waals surface area contributed by atoms with Gasteiger partial charge in [-0.05, 0) is 56.8 Å². The summed E-state index contributed by atoms with van der Waals surface area (Å²) in [7, 11) is -3.81. The van der Waals surface area contributed by atoms with Crippen LogP contribution in [0.2, 0.25) is 0 Å². The second-order valence-electron chi connectivity index (χ2n) is 7.27. The Morgan fingerprint density at radius 3 is 2.13 bits per heavy atom. The lowest BCUT2D eigenvalue weighted by molar-refractivity contribution is 0.469. The molecule has 0 aliphatic carbocycles. The van der Waals surface area contributed by atoms with Gasteiger partial charge in [0, 0.05) is 22.2 Å². The highest BCUT2D eigenvalue weighted by atomic mass is 32.2. The topological polar surface area (TPSA) is 92.2 Å². The first-order chi connectivity index (χ1) is 14.7. The number of aromatic nitrogens is 2. The number of phenols is 1. The second-order valence-corrected chi connectivity index (χ2v) is 9.96. The van der Waals surface area contributed by atoms with E-state index >= 15 is 0 Å². The first kappa shape index (κ1) is 21.1. The predicted molar refractivity (Wildman–Crippen MR) is 123 cm³/mol. The van der Waals surface area contributed by atoms with Crippen LogP contribution in [0.25, 0.3) is 10.8 Å². The van der Waals surface area contributed by atoms with Gasteiger partial charge in [0.25, 0.3) is 10.0 Å². The van der Waals surface area contributed by atoms with Crippen molar-refractivity contribution in [2.75, 3.05) is 4.72 Å². The molecule has 4 aromatic rings. The van der Waals surface area contributed by atoms with E-state index in [1.54, 1.807) is 54.6 Å². The fraction of sp³-hybridized carbons (Fsp3) is 0.130. The molecule has 6 nitrogen and oxygen atoms in total. The molecule has 0 saturated carbocycles. The third kappa shape index (κ3) is 4.50. The number of phenolic OH excluding ortho intramolecular Hbond substituents is 1. The lowest BCUT2D eigenvalue weighted by Crippen LogP contribution is -2.13. The van der Waals surface area contributed by atoms with Crippen molar-refractivity contribution < 1.29 is 13.5 Å². The molecule has 0 unspecified atom stereocenters. The summed E-state index contributed by atoms with van der Waals surface area (Å²) in [6, 6.07) is 17.2. The van der Waals surface area contributed by atoms with E-state index in [0.717, 1.165) is 17.0 Å². The van der Waals surface area contributed by atoms with Gasteiger partial charge in [-0.15, -0.1) is 0 Å². The van der Waals surface area contributed by atoms with E-state index in [2.05, 4.69) is 14.7 Å². The van der Waals surface area contributed by atoms with Gasteiger partial charge >= 0.3 is 0 Å². The van der Waals surface area contributed by atoms with Crippen LogP contribution in [-0.4, -0.2) is 23.5 Å². The molecule has 4 rings (SSSR count). The minimum Gasteiger partial charge on any atom is -0.506 e. The number of benzene rings is 3. The van der Waals surface area contributed by atoms with Crippen molar-refractivity contribution in [3.05, 3.63) is 77.6 Å². The van der Waals surface area contributed by atoms with Crippen LogP contribution < -0.4 is 4.72 Å². The zero-order valence-electron chi connectivity index (χ0n) is 17.2. The van der Waals surface area contributed by atoms with Crippen LogP contribution in [0.4, 0.5) is 5.69 Å². The van der Waals surface area contributed by atoms with E-state index < -0.39 is 10.0 Å². The van der Waals surface area contributed by atoms with Crippen molar-refractivity contribution in [1.82, 2.24) is 9.97 Å². The molecule has 0 spiro atoms. The van der Waals surface area contributed by atoms with Gasteiger partial charge in [0.1, 0.15) is 5.75 Å². The van der Waals surface area contributed by atoms with Crippen LogP contribution in [0.1, 0.15) is 17.0 Å². The molecule has 0 aliphatic rings. The zero-order valence-corrected chi connectivity index (χ0v) is 18.9. The normalized spacial score (nSPS) is 11.6. The van der Waals surface area contributed by atoms with E-state index in [0.29, 0.717) is 26.5 Å². The van der Waals surface area contributed by atoms with Crippen molar-refractivity contribution >= 4 is 38.2 Å². The third-order valence-corrected chi connectivity index (χ3v) is 7.00. The Balaban J connectivity index is 1.81. The van der Waals surface area contributed by atoms with Crippen molar-refractivity contribution in [2.24, 2.45) is 0 Å². The van der Waals surface area contributed by atoms with Crippen LogP contribution in [-0.2, 0) is 10.0 Å². The highest BCUT2D eigenvalue weighted by molar-refractivity contribution is 7.99. The number of anilines is 1. The first-order valence-corrected chi connectivity index (χ1v) is 11.9. The molecule has 0 bridgehead atoms. The first-order valence-electron chi connectivity index (χ1n) is 9.57. The van der Waals surface area contributed by atoms with Crippen molar-refractivity contribution in [3.8, 4) is 5.75 Å². The highest BCUT2D eigenvalue weighted by Crippen LogP contribution is 2.42. The lowest BCUT2D eigenvalue weighted by Gasteiger charge is -2.15. The van der Waals surface area contributed by atoms with Crippen LogP contribution >= 0.6 is 11.8 Å². The molecular weight excluding hydrogens is 430 g/mol. The number of fused-ring (bicyclic) bond motifs is 1. The van der Waals surface area contributed by atoms with Gasteiger partial charge in [-0.25, -0.2) is 18.4 Å². The van der Waals surface area contributed by atoms with Crippen LogP contribution in [0, 0.1) is 20.8 Å². The molecule has 0 fully saturated rings. The number of nitrogens with one attached hydrogen (secondary N) is 1. The Kier molecular flexibility index (Phi) is 5.60. The summed E-state index contributed by atoms with van der Waals surface area (Å²) in [6.07, 6.45) is 0. The van der Waals surface area contributed by atoms with E-state index in [4.69, 9.17) is 0 Å². The minimum atomic E-state index is -3.81. The van der Waals surface area contributed by atoms with E-state index in [1.807, 2.05) is 26.8 Å². The number of aryl methyl sites for hydroxylation is 3. The Hall–Kier alpha value is -3.10. The summed E-state index contributed by atoms with van der Waals surface area (Å²) in [5.74, 6) is 0.0571. The Bertz CT molecular complexity index is 1370. The quantitative estimate of drug-likeness (QED) is 0.320. The second kappa shape index (κ2) is 8.20.